The van der Waals surface area contributed by atoms with Gasteiger partial charge in [-0.2, -0.15) is 23.5 Å². The number of carbonyl (C=O) groups is 1. The average molecular weight is 505 g/mol. The van der Waals surface area contributed by atoms with Crippen molar-refractivity contribution in [2.24, 2.45) is 16.0 Å². The zero-order valence-electron chi connectivity index (χ0n) is 19.0. The fraction of sp³-hybridized carbons (Fsp3) is 0.417. The second-order valence-electron chi connectivity index (χ2n) is 8.69. The minimum atomic E-state index is -4.46. The molecule has 1 aromatic rings. The van der Waals surface area contributed by atoms with Gasteiger partial charge in [0.2, 0.25) is 11.9 Å². The third kappa shape index (κ3) is 5.51. The molecule has 184 valence electrons. The zero-order valence-corrected chi connectivity index (χ0v) is 19.8. The van der Waals surface area contributed by atoms with Crippen molar-refractivity contribution >= 4 is 29.2 Å². The van der Waals surface area contributed by atoms with Crippen LogP contribution in [0.5, 0.6) is 0 Å². The van der Waals surface area contributed by atoms with Crippen LogP contribution in [0, 0.1) is 17.4 Å². The number of likely N-dealkylation sites (tertiary alicyclic amines) is 1. The lowest BCUT2D eigenvalue weighted by molar-refractivity contribution is -0.137. The molecule has 2 atom stereocenters. The SMILES string of the molecule is CC1CC(Cl)=CC=C1C1=NN(C(=NCc2cccc(C(F)(F)F)c2)NC#N)CC1N1CCCC1=O. The smallest absolute Gasteiger partial charge is 0.332 e. The first kappa shape index (κ1) is 24.8. The normalized spacial score (nSPS) is 23.1. The minimum absolute atomic E-state index is 0.0397. The van der Waals surface area contributed by atoms with Crippen molar-refractivity contribution < 1.29 is 18.0 Å². The largest absolute Gasteiger partial charge is 0.416 e. The molecule has 1 saturated heterocycles. The monoisotopic (exact) mass is 504 g/mol. The summed E-state index contributed by atoms with van der Waals surface area (Å²) in [5.74, 6) is 0.230. The predicted octanol–water partition coefficient (Wildman–Crippen LogP) is 4.38. The van der Waals surface area contributed by atoms with Crippen molar-refractivity contribution in [3.63, 3.8) is 0 Å². The summed E-state index contributed by atoms with van der Waals surface area (Å²) in [6.45, 7) is 2.83. The number of allylic oxidation sites excluding steroid dienone is 3. The van der Waals surface area contributed by atoms with Gasteiger partial charge in [0.05, 0.1) is 30.4 Å². The summed E-state index contributed by atoms with van der Waals surface area (Å²) in [7, 11) is 0. The molecule has 0 spiro atoms. The second-order valence-corrected chi connectivity index (χ2v) is 9.17. The lowest BCUT2D eigenvalue weighted by Crippen LogP contribution is -2.46. The number of hydrogen-bond acceptors (Lipinski definition) is 4. The molecule has 1 N–H and O–H groups in total. The van der Waals surface area contributed by atoms with Crippen LogP contribution in [0.1, 0.15) is 37.3 Å². The summed E-state index contributed by atoms with van der Waals surface area (Å²) >= 11 is 6.20. The number of benzene rings is 1. The minimum Gasteiger partial charge on any atom is -0.332 e. The van der Waals surface area contributed by atoms with Gasteiger partial charge < -0.3 is 4.90 Å². The predicted molar refractivity (Wildman–Crippen MR) is 126 cm³/mol. The first-order valence-electron chi connectivity index (χ1n) is 11.2. The van der Waals surface area contributed by atoms with E-state index in [1.165, 1.54) is 17.1 Å². The van der Waals surface area contributed by atoms with Crippen LogP contribution in [0.2, 0.25) is 0 Å². The lowest BCUT2D eigenvalue weighted by atomic mass is 9.87. The van der Waals surface area contributed by atoms with Crippen molar-refractivity contribution in [1.29, 1.82) is 5.26 Å². The summed E-state index contributed by atoms with van der Waals surface area (Å²) < 4.78 is 39.2. The van der Waals surface area contributed by atoms with Gasteiger partial charge in [-0.3, -0.25) is 10.1 Å². The molecule has 0 saturated carbocycles. The highest BCUT2D eigenvalue weighted by Crippen LogP contribution is 2.33. The van der Waals surface area contributed by atoms with Gasteiger partial charge in [0.1, 0.15) is 0 Å². The number of aliphatic imine (C=N–C) groups is 1. The number of nitrogens with zero attached hydrogens (tertiary/aromatic N) is 5. The van der Waals surface area contributed by atoms with Crippen LogP contribution in [0.4, 0.5) is 13.2 Å². The molecule has 1 aromatic carbocycles. The molecule has 1 aliphatic carbocycles. The van der Waals surface area contributed by atoms with Gasteiger partial charge in [-0.05, 0) is 48.1 Å². The summed E-state index contributed by atoms with van der Waals surface area (Å²) in [6, 6.07) is 4.56. The number of amides is 1. The molecular weight excluding hydrogens is 481 g/mol. The molecule has 2 unspecified atom stereocenters. The van der Waals surface area contributed by atoms with Gasteiger partial charge in [-0.25, -0.2) is 10.0 Å². The van der Waals surface area contributed by atoms with Crippen LogP contribution >= 0.6 is 11.6 Å². The Morgan fingerprint density at radius 2 is 2.17 bits per heavy atom. The number of nitriles is 1. The maximum absolute atomic E-state index is 13.1. The molecule has 11 heteroatoms. The van der Waals surface area contributed by atoms with Gasteiger partial charge in [0.25, 0.3) is 0 Å². The Bertz CT molecular complexity index is 1170. The number of carbonyl (C=O) groups excluding carboxylic acids is 1. The topological polar surface area (TPSA) is 84.1 Å². The maximum Gasteiger partial charge on any atom is 0.416 e. The number of guanidine groups is 1. The summed E-state index contributed by atoms with van der Waals surface area (Å²) in [4.78, 5) is 18.7. The van der Waals surface area contributed by atoms with Gasteiger partial charge in [-0.15, -0.1) is 0 Å². The molecule has 7 nitrogen and oxygen atoms in total. The average Bonchev–Trinajstić information content (AvgIpc) is 3.42. The first-order chi connectivity index (χ1) is 16.7. The van der Waals surface area contributed by atoms with E-state index < -0.39 is 11.7 Å². The van der Waals surface area contributed by atoms with Crippen LogP contribution in [0.25, 0.3) is 0 Å². The molecule has 0 aromatic heterocycles. The highest BCUT2D eigenvalue weighted by atomic mass is 35.5. The van der Waals surface area contributed by atoms with Gasteiger partial charge in [0, 0.05) is 18.0 Å². The van der Waals surface area contributed by atoms with Gasteiger partial charge in [0.15, 0.2) is 6.19 Å². The molecule has 3 aliphatic rings. The molecule has 35 heavy (non-hydrogen) atoms. The van der Waals surface area contributed by atoms with Crippen LogP contribution in [-0.4, -0.2) is 46.6 Å². The summed E-state index contributed by atoms with van der Waals surface area (Å²) in [5, 5.41) is 18.8. The molecule has 1 amide bonds. The summed E-state index contributed by atoms with van der Waals surface area (Å²) in [5.41, 5.74) is 1.24. The Morgan fingerprint density at radius 1 is 1.37 bits per heavy atom. The van der Waals surface area contributed by atoms with E-state index in [4.69, 9.17) is 16.7 Å². The fourth-order valence-electron chi connectivity index (χ4n) is 4.52. The Morgan fingerprint density at radius 3 is 2.83 bits per heavy atom. The Hall–Kier alpha value is -3.32. The maximum atomic E-state index is 13.1. The second kappa shape index (κ2) is 10.1. The molecule has 0 radical (unpaired) electrons. The van der Waals surface area contributed by atoms with E-state index in [0.717, 1.165) is 29.2 Å². The standard InChI is InChI=1S/C24H24ClF3N6O/c1-15-10-18(25)7-8-19(15)22-20(33-9-3-6-21(33)35)13-34(32-22)23(31-14-29)30-12-16-4-2-5-17(11-16)24(26,27)28/h2,4-5,7-8,11,15,20H,3,6,9-10,12-13H2,1H3,(H,30,31). The van der Waals surface area contributed by atoms with E-state index in [-0.39, 0.29) is 36.9 Å². The fourth-order valence-corrected chi connectivity index (χ4v) is 4.81. The highest BCUT2D eigenvalue weighted by molar-refractivity contribution is 6.30. The number of rotatable bonds is 4. The number of hydrazone groups is 1. The Kier molecular flexibility index (Phi) is 7.17. The Labute approximate surface area is 206 Å². The number of nitrogens with one attached hydrogen (secondary N) is 1. The van der Waals surface area contributed by atoms with Gasteiger partial charge >= 0.3 is 6.18 Å². The molecule has 0 bridgehead atoms. The van der Waals surface area contributed by atoms with E-state index >= 15 is 0 Å². The molecule has 2 aliphatic heterocycles. The first-order valence-corrected chi connectivity index (χ1v) is 11.6. The lowest BCUT2D eigenvalue weighted by Gasteiger charge is -2.28. The Balaban J connectivity index is 1.65. The van der Waals surface area contributed by atoms with Gasteiger partial charge in [-0.1, -0.05) is 36.7 Å². The van der Waals surface area contributed by atoms with E-state index in [0.29, 0.717) is 30.7 Å². The highest BCUT2D eigenvalue weighted by Gasteiger charge is 2.40. The van der Waals surface area contributed by atoms with E-state index in [9.17, 15) is 23.2 Å². The number of halogens is 4. The van der Waals surface area contributed by atoms with E-state index in [2.05, 4.69) is 10.3 Å². The number of hydrogen-bond donors (Lipinski definition) is 1. The third-order valence-electron chi connectivity index (χ3n) is 6.23. The molecule has 1 fully saturated rings. The number of alkyl halides is 3. The van der Waals surface area contributed by atoms with Crippen LogP contribution in [0.15, 0.2) is 57.1 Å². The molecule has 4 rings (SSSR count). The molecular formula is C24H24ClF3N6O. The van der Waals surface area contributed by atoms with Crippen LogP contribution < -0.4 is 5.32 Å². The van der Waals surface area contributed by atoms with Crippen molar-refractivity contribution in [3.8, 4) is 6.19 Å². The van der Waals surface area contributed by atoms with Crippen molar-refractivity contribution in [2.75, 3.05) is 13.1 Å². The summed E-state index contributed by atoms with van der Waals surface area (Å²) in [6.07, 6.45) is 2.97. The third-order valence-corrected chi connectivity index (χ3v) is 6.51. The van der Waals surface area contributed by atoms with Crippen molar-refractivity contribution in [2.45, 2.75) is 44.9 Å². The van der Waals surface area contributed by atoms with E-state index in [1.807, 2.05) is 25.3 Å². The van der Waals surface area contributed by atoms with Crippen molar-refractivity contribution in [1.82, 2.24) is 15.2 Å². The van der Waals surface area contributed by atoms with Crippen molar-refractivity contribution in [3.05, 3.63) is 58.1 Å². The van der Waals surface area contributed by atoms with Crippen LogP contribution in [-0.2, 0) is 17.5 Å². The van der Waals surface area contributed by atoms with Crippen LogP contribution in [0.3, 0.4) is 0 Å². The molecule has 2 heterocycles. The van der Waals surface area contributed by atoms with E-state index in [1.54, 1.807) is 4.90 Å². The zero-order chi connectivity index (χ0) is 25.2. The quantitative estimate of drug-likeness (QED) is 0.285.